The standard InChI is InChI=1S/C25H27N3O5/c1-14-11-17(24(31)33-4)9-10-21(14)27-15(2)12-18(16(27)3)13-20-22(29)26-25(32)28(23(20)30)19-7-5-6-8-19/h9-13,19H,5-8H2,1-4H3,(H,26,29,32)/b20-13+. The van der Waals surface area contributed by atoms with Crippen LogP contribution in [0.2, 0.25) is 0 Å². The van der Waals surface area contributed by atoms with Gasteiger partial charge in [0, 0.05) is 23.1 Å². The largest absolute Gasteiger partial charge is 0.465 e. The van der Waals surface area contributed by atoms with Gasteiger partial charge in [-0.25, -0.2) is 9.59 Å². The molecule has 1 N–H and O–H groups in total. The van der Waals surface area contributed by atoms with Crippen molar-refractivity contribution in [1.82, 2.24) is 14.8 Å². The van der Waals surface area contributed by atoms with Crippen LogP contribution in [0.1, 0.15) is 58.6 Å². The van der Waals surface area contributed by atoms with Gasteiger partial charge in [-0.3, -0.25) is 19.8 Å². The first-order chi connectivity index (χ1) is 15.7. The predicted octanol–water partition coefficient (Wildman–Crippen LogP) is 3.59. The summed E-state index contributed by atoms with van der Waals surface area (Å²) in [6.07, 6.45) is 5.00. The van der Waals surface area contributed by atoms with E-state index >= 15 is 0 Å². The number of amides is 4. The van der Waals surface area contributed by atoms with Gasteiger partial charge < -0.3 is 9.30 Å². The smallest absolute Gasteiger partial charge is 0.337 e. The summed E-state index contributed by atoms with van der Waals surface area (Å²) in [5, 5.41) is 2.32. The van der Waals surface area contributed by atoms with Crippen molar-refractivity contribution in [3.05, 3.63) is 57.9 Å². The molecule has 2 aliphatic rings. The molecule has 2 heterocycles. The van der Waals surface area contributed by atoms with Crippen molar-refractivity contribution in [2.24, 2.45) is 0 Å². The normalized spacial score (nSPS) is 18.2. The van der Waals surface area contributed by atoms with Gasteiger partial charge in [-0.2, -0.15) is 0 Å². The first kappa shape index (κ1) is 22.5. The molecule has 0 bridgehead atoms. The van der Waals surface area contributed by atoms with Gasteiger partial charge in [-0.15, -0.1) is 0 Å². The molecule has 0 atom stereocenters. The minimum atomic E-state index is -0.678. The highest BCUT2D eigenvalue weighted by molar-refractivity contribution is 6.31. The molecular weight excluding hydrogens is 422 g/mol. The maximum Gasteiger partial charge on any atom is 0.337 e. The number of urea groups is 1. The van der Waals surface area contributed by atoms with Crippen LogP contribution >= 0.6 is 0 Å². The molecule has 4 amide bonds. The molecule has 1 aromatic heterocycles. The second kappa shape index (κ2) is 8.69. The maximum atomic E-state index is 13.1. The maximum absolute atomic E-state index is 13.1. The van der Waals surface area contributed by atoms with E-state index < -0.39 is 23.8 Å². The third kappa shape index (κ3) is 3.97. The van der Waals surface area contributed by atoms with E-state index in [1.807, 2.05) is 37.5 Å². The number of barbiturate groups is 1. The molecule has 172 valence electrons. The first-order valence-corrected chi connectivity index (χ1v) is 11.0. The van der Waals surface area contributed by atoms with Crippen LogP contribution in [-0.4, -0.2) is 46.4 Å². The van der Waals surface area contributed by atoms with Crippen molar-refractivity contribution in [1.29, 1.82) is 0 Å². The molecule has 1 aliphatic carbocycles. The van der Waals surface area contributed by atoms with Crippen molar-refractivity contribution in [3.8, 4) is 5.69 Å². The summed E-state index contributed by atoms with van der Waals surface area (Å²) in [4.78, 5) is 51.1. The Balaban J connectivity index is 1.72. The monoisotopic (exact) mass is 449 g/mol. The molecule has 1 saturated heterocycles. The van der Waals surface area contributed by atoms with E-state index in [9.17, 15) is 19.2 Å². The van der Waals surface area contributed by atoms with Crippen LogP contribution in [0.25, 0.3) is 11.8 Å². The zero-order valence-corrected chi connectivity index (χ0v) is 19.2. The van der Waals surface area contributed by atoms with Crippen LogP contribution in [-0.2, 0) is 14.3 Å². The van der Waals surface area contributed by atoms with E-state index in [-0.39, 0.29) is 11.6 Å². The van der Waals surface area contributed by atoms with E-state index in [1.165, 1.54) is 12.0 Å². The highest BCUT2D eigenvalue weighted by atomic mass is 16.5. The van der Waals surface area contributed by atoms with E-state index in [4.69, 9.17) is 4.74 Å². The highest BCUT2D eigenvalue weighted by Crippen LogP contribution is 2.29. The number of benzene rings is 1. The molecule has 0 spiro atoms. The molecule has 4 rings (SSSR count). The van der Waals surface area contributed by atoms with E-state index in [1.54, 1.807) is 18.2 Å². The third-order valence-corrected chi connectivity index (χ3v) is 6.45. The number of aromatic nitrogens is 1. The number of imide groups is 2. The topological polar surface area (TPSA) is 97.7 Å². The Labute approximate surface area is 192 Å². The Morgan fingerprint density at radius 2 is 1.79 bits per heavy atom. The molecule has 8 nitrogen and oxygen atoms in total. The summed E-state index contributed by atoms with van der Waals surface area (Å²) < 4.78 is 6.80. The van der Waals surface area contributed by atoms with E-state index in [0.29, 0.717) is 11.1 Å². The number of aryl methyl sites for hydroxylation is 2. The number of nitrogens with zero attached hydrogens (tertiary/aromatic N) is 2. The first-order valence-electron chi connectivity index (χ1n) is 11.0. The van der Waals surface area contributed by atoms with Crippen LogP contribution in [0.5, 0.6) is 0 Å². The van der Waals surface area contributed by atoms with Crippen molar-refractivity contribution >= 4 is 29.9 Å². The molecule has 33 heavy (non-hydrogen) atoms. The molecule has 0 unspecified atom stereocenters. The molecule has 0 radical (unpaired) electrons. The van der Waals surface area contributed by atoms with Crippen molar-refractivity contribution in [2.75, 3.05) is 7.11 Å². The number of esters is 1. The Morgan fingerprint density at radius 3 is 2.42 bits per heavy atom. The number of nitrogens with one attached hydrogen (secondary N) is 1. The van der Waals surface area contributed by atoms with Crippen molar-refractivity contribution in [3.63, 3.8) is 0 Å². The van der Waals surface area contributed by atoms with Gasteiger partial charge in [-0.05, 0) is 75.1 Å². The van der Waals surface area contributed by atoms with Gasteiger partial charge in [-0.1, -0.05) is 12.8 Å². The summed E-state index contributed by atoms with van der Waals surface area (Å²) >= 11 is 0. The van der Waals surface area contributed by atoms with E-state index in [2.05, 4.69) is 5.32 Å². The number of carbonyl (C=O) groups is 4. The number of ether oxygens (including phenoxy) is 1. The molecule has 1 saturated carbocycles. The average molecular weight is 450 g/mol. The number of methoxy groups -OCH3 is 1. The van der Waals surface area contributed by atoms with Gasteiger partial charge in [0.1, 0.15) is 5.57 Å². The molecule has 1 aliphatic heterocycles. The van der Waals surface area contributed by atoms with Gasteiger partial charge in [0.25, 0.3) is 11.8 Å². The Bertz CT molecular complexity index is 1200. The van der Waals surface area contributed by atoms with Crippen LogP contribution in [0.4, 0.5) is 4.79 Å². The van der Waals surface area contributed by atoms with Crippen LogP contribution in [0.3, 0.4) is 0 Å². The van der Waals surface area contributed by atoms with Crippen LogP contribution < -0.4 is 5.32 Å². The molecular formula is C25H27N3O5. The highest BCUT2D eigenvalue weighted by Gasteiger charge is 2.40. The SMILES string of the molecule is COC(=O)c1ccc(-n2c(C)cc(/C=C3\C(=O)NC(=O)N(C4CCCC4)C3=O)c2C)c(C)c1. The zero-order chi connectivity index (χ0) is 23.9. The minimum Gasteiger partial charge on any atom is -0.465 e. The molecule has 1 aromatic carbocycles. The third-order valence-electron chi connectivity index (χ3n) is 6.45. The van der Waals surface area contributed by atoms with Gasteiger partial charge >= 0.3 is 12.0 Å². The molecule has 8 heteroatoms. The number of carbonyl (C=O) groups excluding carboxylic acids is 4. The van der Waals surface area contributed by atoms with Crippen LogP contribution in [0.15, 0.2) is 29.8 Å². The number of hydrogen-bond acceptors (Lipinski definition) is 5. The van der Waals surface area contributed by atoms with Gasteiger partial charge in [0.2, 0.25) is 0 Å². The Morgan fingerprint density at radius 1 is 1.09 bits per heavy atom. The fourth-order valence-electron chi connectivity index (χ4n) is 4.78. The summed E-state index contributed by atoms with van der Waals surface area (Å²) in [6.45, 7) is 5.74. The number of rotatable bonds is 4. The van der Waals surface area contributed by atoms with Gasteiger partial charge in [0.15, 0.2) is 0 Å². The summed E-state index contributed by atoms with van der Waals surface area (Å²) in [6, 6.07) is 6.40. The van der Waals surface area contributed by atoms with Crippen molar-refractivity contribution < 1.29 is 23.9 Å². The second-order valence-corrected chi connectivity index (χ2v) is 8.59. The lowest BCUT2D eigenvalue weighted by Gasteiger charge is -2.31. The van der Waals surface area contributed by atoms with Gasteiger partial charge in [0.05, 0.1) is 12.7 Å². The summed E-state index contributed by atoms with van der Waals surface area (Å²) in [5.41, 5.74) is 4.62. The van der Waals surface area contributed by atoms with Crippen molar-refractivity contribution in [2.45, 2.75) is 52.5 Å². The number of hydrogen-bond donors (Lipinski definition) is 1. The molecule has 2 aromatic rings. The molecule has 2 fully saturated rings. The lowest BCUT2D eigenvalue weighted by atomic mass is 10.1. The summed E-state index contributed by atoms with van der Waals surface area (Å²) in [7, 11) is 1.34. The summed E-state index contributed by atoms with van der Waals surface area (Å²) in [5.74, 6) is -1.62. The minimum absolute atomic E-state index is 0.0421. The second-order valence-electron chi connectivity index (χ2n) is 8.59. The fraction of sp³-hybridized carbons (Fsp3) is 0.360. The predicted molar refractivity (Wildman–Crippen MR) is 122 cm³/mol. The van der Waals surface area contributed by atoms with Crippen LogP contribution in [0, 0.1) is 20.8 Å². The fourth-order valence-corrected chi connectivity index (χ4v) is 4.78. The quantitative estimate of drug-likeness (QED) is 0.437. The zero-order valence-electron chi connectivity index (χ0n) is 19.2. The lowest BCUT2D eigenvalue weighted by molar-refractivity contribution is -0.131. The Hall–Kier alpha value is -3.68. The average Bonchev–Trinajstić information content (AvgIpc) is 3.39. The Kier molecular flexibility index (Phi) is 5.93. The van der Waals surface area contributed by atoms with E-state index in [0.717, 1.165) is 48.3 Å². The lowest BCUT2D eigenvalue weighted by Crippen LogP contribution is -2.57.